The number of rotatable bonds is 1. The largest absolute Gasteiger partial charge is 0.379 e. The van der Waals surface area contributed by atoms with Crippen molar-refractivity contribution in [1.29, 1.82) is 0 Å². The molecule has 0 radical (unpaired) electrons. The molecule has 0 fully saturated rings. The van der Waals surface area contributed by atoms with Crippen molar-refractivity contribution >= 4 is 27.3 Å². The Hall–Kier alpha value is -1.10. The Morgan fingerprint density at radius 2 is 2.29 bits per heavy atom. The second kappa shape index (κ2) is 3.57. The van der Waals surface area contributed by atoms with Crippen molar-refractivity contribution < 1.29 is 4.92 Å². The summed E-state index contributed by atoms with van der Waals surface area (Å²) >= 11 is 3.19. The summed E-state index contributed by atoms with van der Waals surface area (Å²) in [7, 11) is 0. The summed E-state index contributed by atoms with van der Waals surface area (Å²) < 4.78 is 0.538. The molecule has 14 heavy (non-hydrogen) atoms. The van der Waals surface area contributed by atoms with E-state index < -0.39 is 0 Å². The van der Waals surface area contributed by atoms with Crippen LogP contribution >= 0.6 is 15.9 Å². The zero-order valence-electron chi connectivity index (χ0n) is 7.42. The lowest BCUT2D eigenvalue weighted by molar-refractivity contribution is -0.384. The minimum absolute atomic E-state index is 0.155. The highest BCUT2D eigenvalue weighted by molar-refractivity contribution is 9.10. The lowest BCUT2D eigenvalue weighted by atomic mass is 10.0. The Morgan fingerprint density at radius 1 is 1.50 bits per heavy atom. The molecule has 2 rings (SSSR count). The molecule has 0 bridgehead atoms. The van der Waals surface area contributed by atoms with Crippen molar-refractivity contribution in [3.05, 3.63) is 32.3 Å². The van der Waals surface area contributed by atoms with E-state index in [9.17, 15) is 10.1 Å². The van der Waals surface area contributed by atoms with Crippen LogP contribution in [0.1, 0.15) is 12.0 Å². The Kier molecular flexibility index (Phi) is 2.41. The molecule has 0 saturated carbocycles. The number of hydrogen-bond donors (Lipinski definition) is 1. The van der Waals surface area contributed by atoms with Gasteiger partial charge in [0, 0.05) is 6.54 Å². The number of nitro benzene ring substituents is 1. The number of halogens is 1. The van der Waals surface area contributed by atoms with Gasteiger partial charge in [0.2, 0.25) is 0 Å². The molecule has 0 spiro atoms. The number of fused-ring (bicyclic) bond motifs is 1. The third-order valence-electron chi connectivity index (χ3n) is 2.32. The molecule has 1 aromatic carbocycles. The second-order valence-corrected chi connectivity index (χ2v) is 4.07. The number of aryl methyl sites for hydroxylation is 1. The van der Waals surface area contributed by atoms with Gasteiger partial charge in [-0.1, -0.05) is 6.07 Å². The van der Waals surface area contributed by atoms with Gasteiger partial charge in [-0.2, -0.15) is 0 Å². The molecule has 0 aromatic heterocycles. The number of benzene rings is 1. The average molecular weight is 257 g/mol. The van der Waals surface area contributed by atoms with Gasteiger partial charge in [-0.15, -0.1) is 0 Å². The topological polar surface area (TPSA) is 55.2 Å². The van der Waals surface area contributed by atoms with Crippen LogP contribution in [0.2, 0.25) is 0 Å². The zero-order valence-corrected chi connectivity index (χ0v) is 9.00. The van der Waals surface area contributed by atoms with Gasteiger partial charge < -0.3 is 5.32 Å². The van der Waals surface area contributed by atoms with Crippen LogP contribution in [-0.2, 0) is 6.42 Å². The van der Waals surface area contributed by atoms with Crippen LogP contribution in [0.25, 0.3) is 0 Å². The van der Waals surface area contributed by atoms with E-state index in [0.717, 1.165) is 24.9 Å². The molecule has 0 unspecified atom stereocenters. The molecule has 0 amide bonds. The summed E-state index contributed by atoms with van der Waals surface area (Å²) in [5.74, 6) is 0. The van der Waals surface area contributed by atoms with Gasteiger partial charge in [-0.3, -0.25) is 10.1 Å². The molecule has 5 heteroatoms. The van der Waals surface area contributed by atoms with Crippen LogP contribution in [-0.4, -0.2) is 11.5 Å². The first-order valence-electron chi connectivity index (χ1n) is 4.40. The second-order valence-electron chi connectivity index (χ2n) is 3.22. The van der Waals surface area contributed by atoms with Gasteiger partial charge in [-0.25, -0.2) is 0 Å². The lowest BCUT2D eigenvalue weighted by Gasteiger charge is -2.17. The maximum Gasteiger partial charge on any atom is 0.306 e. The molecule has 0 atom stereocenters. The van der Waals surface area contributed by atoms with Crippen molar-refractivity contribution in [1.82, 2.24) is 0 Å². The summed E-state index contributed by atoms with van der Waals surface area (Å²) in [6.07, 6.45) is 1.95. The Bertz CT molecular complexity index is 393. The molecule has 1 aliphatic heterocycles. The fourth-order valence-corrected chi connectivity index (χ4v) is 2.16. The number of nitro groups is 1. The predicted octanol–water partition coefficient (Wildman–Crippen LogP) is 2.72. The van der Waals surface area contributed by atoms with Crippen molar-refractivity contribution in [2.24, 2.45) is 0 Å². The highest BCUT2D eigenvalue weighted by Crippen LogP contribution is 2.37. The minimum Gasteiger partial charge on any atom is -0.379 e. The molecule has 1 aliphatic rings. The molecule has 74 valence electrons. The van der Waals surface area contributed by atoms with Crippen LogP contribution in [0.3, 0.4) is 0 Å². The lowest BCUT2D eigenvalue weighted by Crippen LogP contribution is -2.13. The van der Waals surface area contributed by atoms with E-state index in [2.05, 4.69) is 21.2 Å². The van der Waals surface area contributed by atoms with Crippen LogP contribution < -0.4 is 5.32 Å². The van der Waals surface area contributed by atoms with E-state index in [1.807, 2.05) is 6.07 Å². The summed E-state index contributed by atoms with van der Waals surface area (Å²) in [5.41, 5.74) is 1.86. The Morgan fingerprint density at radius 3 is 3.00 bits per heavy atom. The fraction of sp³-hybridized carbons (Fsp3) is 0.333. The quantitative estimate of drug-likeness (QED) is 0.621. The van der Waals surface area contributed by atoms with Crippen molar-refractivity contribution in [2.45, 2.75) is 12.8 Å². The molecule has 1 N–H and O–H groups in total. The molecule has 0 aliphatic carbocycles. The summed E-state index contributed by atoms with van der Waals surface area (Å²) in [6.45, 7) is 0.810. The van der Waals surface area contributed by atoms with E-state index in [4.69, 9.17) is 0 Å². The van der Waals surface area contributed by atoms with E-state index in [-0.39, 0.29) is 10.6 Å². The Labute approximate surface area is 89.6 Å². The number of nitrogens with one attached hydrogen (secondary N) is 1. The van der Waals surface area contributed by atoms with Crippen molar-refractivity contribution in [3.63, 3.8) is 0 Å². The van der Waals surface area contributed by atoms with Gasteiger partial charge >= 0.3 is 5.69 Å². The van der Waals surface area contributed by atoms with E-state index in [1.54, 1.807) is 6.07 Å². The fourth-order valence-electron chi connectivity index (χ4n) is 1.68. The zero-order chi connectivity index (χ0) is 10.1. The standard InChI is InChI=1S/C9H9BrN2O2/c10-7-4-3-6-2-1-5-11-8(6)9(7)12(13)14/h3-4,11H,1-2,5H2. The van der Waals surface area contributed by atoms with Crippen LogP contribution in [0.4, 0.5) is 11.4 Å². The molecule has 4 nitrogen and oxygen atoms in total. The van der Waals surface area contributed by atoms with Gasteiger partial charge in [0.15, 0.2) is 0 Å². The molecule has 1 heterocycles. The third kappa shape index (κ3) is 1.48. The van der Waals surface area contributed by atoms with E-state index in [1.165, 1.54) is 0 Å². The van der Waals surface area contributed by atoms with Gasteiger partial charge in [0.1, 0.15) is 5.69 Å². The maximum atomic E-state index is 10.8. The van der Waals surface area contributed by atoms with E-state index >= 15 is 0 Å². The normalized spacial score (nSPS) is 14.4. The Balaban J connectivity index is 2.60. The average Bonchev–Trinajstić information content (AvgIpc) is 2.17. The SMILES string of the molecule is O=[N+]([O-])c1c(Br)ccc2c1NCCC2. The summed E-state index contributed by atoms with van der Waals surface area (Å²) in [5, 5.41) is 13.9. The van der Waals surface area contributed by atoms with Crippen molar-refractivity contribution in [2.75, 3.05) is 11.9 Å². The van der Waals surface area contributed by atoms with Gasteiger partial charge in [-0.05, 0) is 40.4 Å². The van der Waals surface area contributed by atoms with Crippen molar-refractivity contribution in [3.8, 4) is 0 Å². The third-order valence-corrected chi connectivity index (χ3v) is 2.96. The van der Waals surface area contributed by atoms with Crippen LogP contribution in [0.15, 0.2) is 16.6 Å². The van der Waals surface area contributed by atoms with E-state index in [0.29, 0.717) is 10.2 Å². The summed E-state index contributed by atoms with van der Waals surface area (Å²) in [6, 6.07) is 3.67. The molecule has 1 aromatic rings. The highest BCUT2D eigenvalue weighted by Gasteiger charge is 2.23. The number of anilines is 1. The molecular formula is C9H9BrN2O2. The first kappa shape index (κ1) is 9.45. The first-order chi connectivity index (χ1) is 6.70. The minimum atomic E-state index is -0.346. The molecular weight excluding hydrogens is 248 g/mol. The highest BCUT2D eigenvalue weighted by atomic mass is 79.9. The molecule has 0 saturated heterocycles. The van der Waals surface area contributed by atoms with Crippen LogP contribution in [0.5, 0.6) is 0 Å². The van der Waals surface area contributed by atoms with Gasteiger partial charge in [0.25, 0.3) is 0 Å². The predicted molar refractivity (Wildman–Crippen MR) is 57.6 cm³/mol. The maximum absolute atomic E-state index is 10.8. The van der Waals surface area contributed by atoms with Crippen LogP contribution in [0, 0.1) is 10.1 Å². The smallest absolute Gasteiger partial charge is 0.306 e. The first-order valence-corrected chi connectivity index (χ1v) is 5.19. The number of hydrogen-bond acceptors (Lipinski definition) is 3. The number of nitrogens with zero attached hydrogens (tertiary/aromatic N) is 1. The monoisotopic (exact) mass is 256 g/mol. The van der Waals surface area contributed by atoms with Gasteiger partial charge in [0.05, 0.1) is 9.40 Å². The summed E-state index contributed by atoms with van der Waals surface area (Å²) in [4.78, 5) is 10.5.